The van der Waals surface area contributed by atoms with Crippen LogP contribution in [0.4, 0.5) is 10.5 Å². The number of carbonyl (C=O) groups is 1. The van der Waals surface area contributed by atoms with Crippen molar-refractivity contribution in [2.75, 3.05) is 11.9 Å². The molecule has 1 atom stereocenters. The molecule has 0 saturated heterocycles. The number of halogens is 2. The molecule has 0 heterocycles. The second-order valence-electron chi connectivity index (χ2n) is 5.89. The van der Waals surface area contributed by atoms with E-state index >= 15 is 0 Å². The number of anilines is 1. The lowest BCUT2D eigenvalue weighted by atomic mass is 10.2. The first-order chi connectivity index (χ1) is 9.67. The fraction of sp³-hybridized carbons (Fsp3) is 0.533. The highest BCUT2D eigenvalue weighted by Crippen LogP contribution is 2.24. The molecule has 0 saturated carbocycles. The summed E-state index contributed by atoms with van der Waals surface area (Å²) in [7, 11) is 0. The zero-order chi connectivity index (χ0) is 16.0. The van der Waals surface area contributed by atoms with E-state index in [9.17, 15) is 4.79 Å². The van der Waals surface area contributed by atoms with Crippen molar-refractivity contribution in [1.82, 2.24) is 5.32 Å². The molecule has 1 aromatic carbocycles. The van der Waals surface area contributed by atoms with Crippen LogP contribution in [0.2, 0.25) is 10.0 Å². The van der Waals surface area contributed by atoms with E-state index in [-0.39, 0.29) is 6.04 Å². The maximum atomic E-state index is 11.6. The van der Waals surface area contributed by atoms with Crippen molar-refractivity contribution in [3.8, 4) is 0 Å². The summed E-state index contributed by atoms with van der Waals surface area (Å²) in [4.78, 5) is 11.6. The lowest BCUT2D eigenvalue weighted by Crippen LogP contribution is -2.38. The minimum Gasteiger partial charge on any atom is -0.444 e. The van der Waals surface area contributed by atoms with Gasteiger partial charge in [-0.15, -0.1) is 0 Å². The number of hydrogen-bond donors (Lipinski definition) is 2. The molecular formula is C15H22Cl2N2O2. The molecule has 2 N–H and O–H groups in total. The van der Waals surface area contributed by atoms with Crippen molar-refractivity contribution in [2.45, 2.75) is 45.8 Å². The number of alkyl carbamates (subject to hydrolysis) is 1. The monoisotopic (exact) mass is 332 g/mol. The Hall–Kier alpha value is -1.13. The maximum Gasteiger partial charge on any atom is 0.407 e. The van der Waals surface area contributed by atoms with Crippen molar-refractivity contribution in [3.05, 3.63) is 28.2 Å². The second-order valence-corrected chi connectivity index (χ2v) is 6.71. The zero-order valence-corrected chi connectivity index (χ0v) is 14.3. The molecule has 0 aliphatic carbocycles. The fourth-order valence-electron chi connectivity index (χ4n) is 1.62. The second kappa shape index (κ2) is 7.76. The van der Waals surface area contributed by atoms with E-state index in [1.54, 1.807) is 12.1 Å². The minimum absolute atomic E-state index is 0.00937. The SMILES string of the molecule is CC(CCNc1ccc(Cl)c(Cl)c1)NC(=O)OC(C)(C)C. The number of hydrogen-bond acceptors (Lipinski definition) is 3. The minimum atomic E-state index is -0.484. The summed E-state index contributed by atoms with van der Waals surface area (Å²) < 4.78 is 5.20. The summed E-state index contributed by atoms with van der Waals surface area (Å²) in [5.41, 5.74) is 0.413. The van der Waals surface area contributed by atoms with Crippen molar-refractivity contribution < 1.29 is 9.53 Å². The van der Waals surface area contributed by atoms with Gasteiger partial charge < -0.3 is 15.4 Å². The summed E-state index contributed by atoms with van der Waals surface area (Å²) in [6, 6.07) is 5.39. The summed E-state index contributed by atoms with van der Waals surface area (Å²) >= 11 is 11.8. The normalized spacial score (nSPS) is 12.7. The van der Waals surface area contributed by atoms with Gasteiger partial charge in [0.05, 0.1) is 10.0 Å². The van der Waals surface area contributed by atoms with Gasteiger partial charge in [-0.05, 0) is 52.3 Å². The Balaban J connectivity index is 2.31. The lowest BCUT2D eigenvalue weighted by Gasteiger charge is -2.22. The van der Waals surface area contributed by atoms with Crippen LogP contribution in [0.15, 0.2) is 18.2 Å². The topological polar surface area (TPSA) is 50.4 Å². The average Bonchev–Trinajstić information content (AvgIpc) is 2.31. The molecule has 0 fully saturated rings. The van der Waals surface area contributed by atoms with Gasteiger partial charge >= 0.3 is 6.09 Å². The van der Waals surface area contributed by atoms with Gasteiger partial charge in [-0.1, -0.05) is 23.2 Å². The van der Waals surface area contributed by atoms with Gasteiger partial charge in [0, 0.05) is 18.3 Å². The maximum absolute atomic E-state index is 11.6. The highest BCUT2D eigenvalue weighted by atomic mass is 35.5. The van der Waals surface area contributed by atoms with Gasteiger partial charge in [-0.25, -0.2) is 4.79 Å². The summed E-state index contributed by atoms with van der Waals surface area (Å²) in [6.07, 6.45) is 0.365. The Labute approximate surface area is 136 Å². The Bertz CT molecular complexity index is 487. The fourth-order valence-corrected chi connectivity index (χ4v) is 1.92. The van der Waals surface area contributed by atoms with Crippen molar-refractivity contribution in [1.29, 1.82) is 0 Å². The number of nitrogens with one attached hydrogen (secondary N) is 2. The Kier molecular flexibility index (Phi) is 6.62. The van der Waals surface area contributed by atoms with E-state index < -0.39 is 11.7 Å². The van der Waals surface area contributed by atoms with Crippen molar-refractivity contribution in [3.63, 3.8) is 0 Å². The van der Waals surface area contributed by atoms with Gasteiger partial charge in [0.15, 0.2) is 0 Å². The van der Waals surface area contributed by atoms with E-state index in [4.69, 9.17) is 27.9 Å². The smallest absolute Gasteiger partial charge is 0.407 e. The van der Waals surface area contributed by atoms with Gasteiger partial charge in [-0.2, -0.15) is 0 Å². The highest BCUT2D eigenvalue weighted by Gasteiger charge is 2.17. The van der Waals surface area contributed by atoms with E-state index in [0.29, 0.717) is 16.6 Å². The summed E-state index contributed by atoms with van der Waals surface area (Å²) in [5, 5.41) is 7.07. The molecule has 0 spiro atoms. The van der Waals surface area contributed by atoms with Crippen LogP contribution in [0.25, 0.3) is 0 Å². The Morgan fingerprint density at radius 3 is 2.52 bits per heavy atom. The van der Waals surface area contributed by atoms with Gasteiger partial charge in [0.1, 0.15) is 5.60 Å². The quantitative estimate of drug-likeness (QED) is 0.820. The average molecular weight is 333 g/mol. The van der Waals surface area contributed by atoms with Crippen LogP contribution in [-0.2, 0) is 4.74 Å². The molecule has 6 heteroatoms. The standard InChI is InChI=1S/C15H22Cl2N2O2/c1-10(19-14(20)21-15(2,3)4)7-8-18-11-5-6-12(16)13(17)9-11/h5-6,9-10,18H,7-8H2,1-4H3,(H,19,20). The van der Waals surface area contributed by atoms with E-state index in [1.807, 2.05) is 33.8 Å². The molecule has 0 bridgehead atoms. The first-order valence-electron chi connectivity index (χ1n) is 6.86. The molecule has 4 nitrogen and oxygen atoms in total. The molecular weight excluding hydrogens is 311 g/mol. The molecule has 1 unspecified atom stereocenters. The van der Waals surface area contributed by atoms with Crippen LogP contribution in [-0.4, -0.2) is 24.3 Å². The number of ether oxygens (including phenoxy) is 1. The largest absolute Gasteiger partial charge is 0.444 e. The summed E-state index contributed by atoms with van der Waals surface area (Å²) in [5.74, 6) is 0. The number of carbonyl (C=O) groups excluding carboxylic acids is 1. The van der Waals surface area contributed by atoms with Crippen molar-refractivity contribution >= 4 is 35.0 Å². The van der Waals surface area contributed by atoms with Gasteiger partial charge in [-0.3, -0.25) is 0 Å². The molecule has 0 aliphatic heterocycles. The third kappa shape index (κ3) is 7.44. The predicted molar refractivity (Wildman–Crippen MR) is 88.4 cm³/mol. The van der Waals surface area contributed by atoms with Crippen molar-refractivity contribution in [2.24, 2.45) is 0 Å². The summed E-state index contributed by atoms with van der Waals surface area (Å²) in [6.45, 7) is 8.14. The lowest BCUT2D eigenvalue weighted by molar-refractivity contribution is 0.0507. The molecule has 1 aromatic rings. The van der Waals surface area contributed by atoms with Crippen LogP contribution in [0.1, 0.15) is 34.1 Å². The Morgan fingerprint density at radius 2 is 1.95 bits per heavy atom. The molecule has 1 rings (SSSR count). The molecule has 0 aliphatic rings. The van der Waals surface area contributed by atoms with Gasteiger partial charge in [0.25, 0.3) is 0 Å². The van der Waals surface area contributed by atoms with Crippen LogP contribution in [0.5, 0.6) is 0 Å². The van der Waals surface area contributed by atoms with Crippen LogP contribution < -0.4 is 10.6 Å². The molecule has 0 radical (unpaired) electrons. The van der Waals surface area contributed by atoms with Crippen LogP contribution >= 0.6 is 23.2 Å². The molecule has 1 amide bonds. The third-order valence-electron chi connectivity index (χ3n) is 2.59. The van der Waals surface area contributed by atoms with E-state index in [2.05, 4.69) is 10.6 Å². The molecule has 21 heavy (non-hydrogen) atoms. The predicted octanol–water partition coefficient (Wildman–Crippen LogP) is 4.71. The zero-order valence-electron chi connectivity index (χ0n) is 12.8. The Morgan fingerprint density at radius 1 is 1.29 bits per heavy atom. The number of benzene rings is 1. The van der Waals surface area contributed by atoms with E-state index in [1.165, 1.54) is 0 Å². The van der Waals surface area contributed by atoms with Gasteiger partial charge in [0.2, 0.25) is 0 Å². The van der Waals surface area contributed by atoms with E-state index in [0.717, 1.165) is 12.1 Å². The molecule has 118 valence electrons. The molecule has 0 aromatic heterocycles. The van der Waals surface area contributed by atoms with Crippen LogP contribution in [0, 0.1) is 0 Å². The first kappa shape index (κ1) is 17.9. The third-order valence-corrected chi connectivity index (χ3v) is 3.33. The first-order valence-corrected chi connectivity index (χ1v) is 7.61. The highest BCUT2D eigenvalue weighted by molar-refractivity contribution is 6.42. The number of rotatable bonds is 5. The number of amides is 1. The van der Waals surface area contributed by atoms with Crippen LogP contribution in [0.3, 0.4) is 0 Å².